The summed E-state index contributed by atoms with van der Waals surface area (Å²) in [4.78, 5) is 0. The van der Waals surface area contributed by atoms with Crippen LogP contribution in [-0.2, 0) is 0 Å². The molecule has 0 bridgehead atoms. The smallest absolute Gasteiger partial charge is 0.186 e. The maximum Gasteiger partial charge on any atom is 0.186 e. The molecule has 5 nitrogen and oxygen atoms in total. The molecule has 0 unspecified atom stereocenters. The summed E-state index contributed by atoms with van der Waals surface area (Å²) in [6, 6.07) is 4.25. The Hall–Kier alpha value is -1.82. The van der Waals surface area contributed by atoms with Gasteiger partial charge in [-0.2, -0.15) is 5.10 Å². The highest BCUT2D eigenvalue weighted by Crippen LogP contribution is 2.20. The van der Waals surface area contributed by atoms with Crippen LogP contribution in [0.1, 0.15) is 12.5 Å². The first-order valence-electron chi connectivity index (χ1n) is 4.72. The molecule has 0 spiro atoms. The number of benzene rings is 1. The maximum absolute atomic E-state index is 9.43. The van der Waals surface area contributed by atoms with Crippen LogP contribution in [0.25, 0.3) is 0 Å². The average Bonchev–Trinajstić information content (AvgIpc) is 2.22. The summed E-state index contributed by atoms with van der Waals surface area (Å²) in [6.07, 6.45) is 1.42. The van der Waals surface area contributed by atoms with E-state index >= 15 is 0 Å². The molecule has 0 aromatic heterocycles. The van der Waals surface area contributed by atoms with Gasteiger partial charge in [-0.1, -0.05) is 0 Å². The van der Waals surface area contributed by atoms with Crippen LogP contribution >= 0.6 is 12.2 Å². The van der Waals surface area contributed by atoms with Gasteiger partial charge in [0, 0.05) is 18.2 Å². The Labute approximate surface area is 98.8 Å². The highest BCUT2D eigenvalue weighted by molar-refractivity contribution is 7.80. The average molecular weight is 239 g/mol. The van der Waals surface area contributed by atoms with Crippen LogP contribution in [0.5, 0.6) is 11.5 Å². The van der Waals surface area contributed by atoms with Gasteiger partial charge in [-0.05, 0) is 31.3 Å². The molecule has 0 aliphatic rings. The predicted molar refractivity (Wildman–Crippen MR) is 66.8 cm³/mol. The third kappa shape index (κ3) is 3.74. The number of nitrogens with zero attached hydrogens (tertiary/aromatic N) is 1. The summed E-state index contributed by atoms with van der Waals surface area (Å²) in [5, 5.41) is 25.6. The van der Waals surface area contributed by atoms with E-state index in [1.54, 1.807) is 6.07 Å². The summed E-state index contributed by atoms with van der Waals surface area (Å²) < 4.78 is 0. The number of hydrogen-bond acceptors (Lipinski definition) is 4. The molecular weight excluding hydrogens is 226 g/mol. The summed E-state index contributed by atoms with van der Waals surface area (Å²) in [6.45, 7) is 2.63. The van der Waals surface area contributed by atoms with E-state index in [0.29, 0.717) is 17.2 Å². The Kier molecular flexibility index (Phi) is 4.53. The predicted octanol–water partition coefficient (Wildman–Crippen LogP) is 0.916. The lowest BCUT2D eigenvalue weighted by atomic mass is 10.2. The lowest BCUT2D eigenvalue weighted by Gasteiger charge is -2.03. The molecule has 1 aromatic rings. The van der Waals surface area contributed by atoms with Crippen LogP contribution in [0.2, 0.25) is 0 Å². The van der Waals surface area contributed by atoms with E-state index in [2.05, 4.69) is 15.8 Å². The molecule has 0 heterocycles. The number of nitrogens with one attached hydrogen (secondary N) is 2. The molecule has 0 aliphatic heterocycles. The van der Waals surface area contributed by atoms with Crippen molar-refractivity contribution in [1.82, 2.24) is 10.7 Å². The zero-order valence-corrected chi connectivity index (χ0v) is 9.58. The normalized spacial score (nSPS) is 10.3. The summed E-state index contributed by atoms with van der Waals surface area (Å²) in [5.41, 5.74) is 3.08. The van der Waals surface area contributed by atoms with Crippen molar-refractivity contribution in [2.45, 2.75) is 6.92 Å². The first-order chi connectivity index (χ1) is 7.63. The Morgan fingerprint density at radius 3 is 2.88 bits per heavy atom. The van der Waals surface area contributed by atoms with Crippen molar-refractivity contribution in [2.75, 3.05) is 6.54 Å². The van der Waals surface area contributed by atoms with E-state index in [1.165, 1.54) is 18.3 Å². The van der Waals surface area contributed by atoms with Crippen molar-refractivity contribution in [3.05, 3.63) is 23.8 Å². The fourth-order valence-electron chi connectivity index (χ4n) is 1.00. The molecular formula is C10H13N3O2S. The van der Waals surface area contributed by atoms with Gasteiger partial charge in [-0.25, -0.2) is 0 Å². The van der Waals surface area contributed by atoms with Gasteiger partial charge < -0.3 is 15.5 Å². The molecule has 1 rings (SSSR count). The number of rotatable bonds is 3. The van der Waals surface area contributed by atoms with Gasteiger partial charge in [-0.3, -0.25) is 5.43 Å². The van der Waals surface area contributed by atoms with Gasteiger partial charge in [0.05, 0.1) is 6.21 Å². The van der Waals surface area contributed by atoms with Gasteiger partial charge >= 0.3 is 0 Å². The van der Waals surface area contributed by atoms with Crippen molar-refractivity contribution in [3.8, 4) is 11.5 Å². The van der Waals surface area contributed by atoms with E-state index < -0.39 is 0 Å². The first kappa shape index (κ1) is 12.3. The van der Waals surface area contributed by atoms with Gasteiger partial charge in [0.2, 0.25) is 0 Å². The topological polar surface area (TPSA) is 76.9 Å². The SMILES string of the molecule is CCNC(=S)N/N=C/c1ccc(O)cc1O. The van der Waals surface area contributed by atoms with Crippen molar-refractivity contribution in [1.29, 1.82) is 0 Å². The minimum absolute atomic E-state index is 0.00535. The second-order valence-corrected chi connectivity index (χ2v) is 3.38. The molecule has 0 saturated carbocycles. The number of phenols is 2. The van der Waals surface area contributed by atoms with E-state index in [9.17, 15) is 5.11 Å². The van der Waals surface area contributed by atoms with Crippen molar-refractivity contribution >= 4 is 23.5 Å². The molecule has 4 N–H and O–H groups in total. The molecule has 86 valence electrons. The molecule has 0 aliphatic carbocycles. The van der Waals surface area contributed by atoms with Crippen LogP contribution in [0.3, 0.4) is 0 Å². The standard InChI is InChI=1S/C10H13N3O2S/c1-2-11-10(16)13-12-6-7-3-4-8(14)5-9(7)15/h3-6,14-15H,2H2,1H3,(H2,11,13,16)/b12-6+. The van der Waals surface area contributed by atoms with E-state index in [1.807, 2.05) is 6.92 Å². The maximum atomic E-state index is 9.43. The van der Waals surface area contributed by atoms with Gasteiger partial charge in [0.1, 0.15) is 11.5 Å². The zero-order valence-electron chi connectivity index (χ0n) is 8.77. The fraction of sp³-hybridized carbons (Fsp3) is 0.200. The number of aromatic hydroxyl groups is 2. The monoisotopic (exact) mass is 239 g/mol. The Morgan fingerprint density at radius 1 is 1.50 bits per heavy atom. The number of hydrogen-bond donors (Lipinski definition) is 4. The van der Waals surface area contributed by atoms with Crippen LogP contribution in [0.4, 0.5) is 0 Å². The van der Waals surface area contributed by atoms with Crippen LogP contribution in [0, 0.1) is 0 Å². The molecule has 0 fully saturated rings. The highest BCUT2D eigenvalue weighted by atomic mass is 32.1. The van der Waals surface area contributed by atoms with Gasteiger partial charge in [-0.15, -0.1) is 0 Å². The minimum Gasteiger partial charge on any atom is -0.508 e. The highest BCUT2D eigenvalue weighted by Gasteiger charge is 1.98. The summed E-state index contributed by atoms with van der Waals surface area (Å²) in [5.74, 6) is -0.0364. The van der Waals surface area contributed by atoms with Crippen molar-refractivity contribution < 1.29 is 10.2 Å². The second kappa shape index (κ2) is 5.92. The van der Waals surface area contributed by atoms with E-state index in [4.69, 9.17) is 17.3 Å². The van der Waals surface area contributed by atoms with Crippen molar-refractivity contribution in [2.24, 2.45) is 5.10 Å². The molecule has 0 saturated heterocycles. The lowest BCUT2D eigenvalue weighted by Crippen LogP contribution is -2.31. The first-order valence-corrected chi connectivity index (χ1v) is 5.13. The Balaban J connectivity index is 2.59. The molecule has 0 amide bonds. The van der Waals surface area contributed by atoms with Crippen molar-refractivity contribution in [3.63, 3.8) is 0 Å². The fourth-order valence-corrected chi connectivity index (χ4v) is 1.20. The molecule has 16 heavy (non-hydrogen) atoms. The van der Waals surface area contributed by atoms with E-state index in [0.717, 1.165) is 0 Å². The largest absolute Gasteiger partial charge is 0.508 e. The number of hydrazone groups is 1. The van der Waals surface area contributed by atoms with Crippen LogP contribution < -0.4 is 10.7 Å². The third-order valence-electron chi connectivity index (χ3n) is 1.72. The quantitative estimate of drug-likeness (QED) is 0.358. The number of thiocarbonyl (C=S) groups is 1. The Bertz CT molecular complexity index is 407. The zero-order chi connectivity index (χ0) is 12.0. The Morgan fingerprint density at radius 2 is 2.25 bits per heavy atom. The molecule has 1 aromatic carbocycles. The molecule has 6 heteroatoms. The van der Waals surface area contributed by atoms with Crippen LogP contribution in [-0.4, -0.2) is 28.1 Å². The molecule has 0 atom stereocenters. The number of phenolic OH excluding ortho intramolecular Hbond substituents is 2. The van der Waals surface area contributed by atoms with E-state index in [-0.39, 0.29) is 11.5 Å². The minimum atomic E-state index is -0.0417. The lowest BCUT2D eigenvalue weighted by molar-refractivity contribution is 0.450. The van der Waals surface area contributed by atoms with Gasteiger partial charge in [0.15, 0.2) is 5.11 Å². The molecule has 0 radical (unpaired) electrons. The third-order valence-corrected chi connectivity index (χ3v) is 1.96. The second-order valence-electron chi connectivity index (χ2n) is 2.97. The summed E-state index contributed by atoms with van der Waals surface area (Å²) >= 11 is 4.88. The van der Waals surface area contributed by atoms with Crippen LogP contribution in [0.15, 0.2) is 23.3 Å². The van der Waals surface area contributed by atoms with Gasteiger partial charge in [0.25, 0.3) is 0 Å². The summed E-state index contributed by atoms with van der Waals surface area (Å²) in [7, 11) is 0.